The van der Waals surface area contributed by atoms with E-state index in [-0.39, 0.29) is 11.5 Å². The molecule has 0 radical (unpaired) electrons. The van der Waals surface area contributed by atoms with Crippen LogP contribution in [-0.4, -0.2) is 15.3 Å². The smallest absolute Gasteiger partial charge is 0.295 e. The molecule has 0 atom stereocenters. The summed E-state index contributed by atoms with van der Waals surface area (Å²) in [5, 5.41) is 0.794. The first kappa shape index (κ1) is 16.9. The Hall–Kier alpha value is -3.53. The second-order valence-corrected chi connectivity index (χ2v) is 6.55. The molecule has 0 fully saturated rings. The molecule has 4 nitrogen and oxygen atoms in total. The minimum Gasteiger partial charge on any atom is -0.295 e. The van der Waals surface area contributed by atoms with Gasteiger partial charge in [0.05, 0.1) is 11.2 Å². The SMILES string of the molecule is Cc1cc(C(=O)c2ccccc2)cc2c(-c3ccccc3)nc(=O)n(C)c12. The van der Waals surface area contributed by atoms with Crippen molar-refractivity contribution in [3.63, 3.8) is 0 Å². The number of aromatic nitrogens is 2. The first-order chi connectivity index (χ1) is 13.1. The average Bonchev–Trinajstić information content (AvgIpc) is 2.71. The van der Waals surface area contributed by atoms with Crippen LogP contribution < -0.4 is 5.69 Å². The highest BCUT2D eigenvalue weighted by molar-refractivity contribution is 6.11. The number of aryl methyl sites for hydroxylation is 2. The van der Waals surface area contributed by atoms with E-state index in [1.165, 1.54) is 4.57 Å². The Morgan fingerprint density at radius 2 is 1.52 bits per heavy atom. The van der Waals surface area contributed by atoms with Crippen LogP contribution in [0.3, 0.4) is 0 Å². The molecule has 3 aromatic carbocycles. The van der Waals surface area contributed by atoms with Crippen LogP contribution in [0.1, 0.15) is 21.5 Å². The van der Waals surface area contributed by atoms with Crippen LogP contribution in [0, 0.1) is 6.92 Å². The van der Waals surface area contributed by atoms with Gasteiger partial charge in [0.1, 0.15) is 0 Å². The number of rotatable bonds is 3. The molecular formula is C23H18N2O2. The van der Waals surface area contributed by atoms with E-state index >= 15 is 0 Å². The molecule has 0 N–H and O–H groups in total. The molecule has 0 aliphatic heterocycles. The lowest BCUT2D eigenvalue weighted by atomic mass is 9.96. The zero-order chi connectivity index (χ0) is 19.0. The van der Waals surface area contributed by atoms with Gasteiger partial charge in [0, 0.05) is 29.1 Å². The molecule has 4 aromatic rings. The fourth-order valence-corrected chi connectivity index (χ4v) is 3.44. The summed E-state index contributed by atoms with van der Waals surface area (Å²) in [6.07, 6.45) is 0. The molecule has 4 heteroatoms. The zero-order valence-corrected chi connectivity index (χ0v) is 15.1. The van der Waals surface area contributed by atoms with Crippen LogP contribution in [0.25, 0.3) is 22.2 Å². The summed E-state index contributed by atoms with van der Waals surface area (Å²) in [5.74, 6) is -0.0477. The Balaban J connectivity index is 2.02. The molecule has 0 saturated heterocycles. The van der Waals surface area contributed by atoms with Gasteiger partial charge >= 0.3 is 5.69 Å². The van der Waals surface area contributed by atoms with E-state index in [0.29, 0.717) is 16.8 Å². The number of ketones is 1. The van der Waals surface area contributed by atoms with Crippen molar-refractivity contribution in [2.45, 2.75) is 6.92 Å². The summed E-state index contributed by atoms with van der Waals surface area (Å²) in [6.45, 7) is 1.92. The highest BCUT2D eigenvalue weighted by atomic mass is 16.1. The van der Waals surface area contributed by atoms with Crippen molar-refractivity contribution < 1.29 is 4.79 Å². The molecule has 0 unspecified atom stereocenters. The van der Waals surface area contributed by atoms with E-state index in [1.54, 1.807) is 19.2 Å². The zero-order valence-electron chi connectivity index (χ0n) is 15.1. The van der Waals surface area contributed by atoms with Gasteiger partial charge in [-0.2, -0.15) is 4.98 Å². The maximum absolute atomic E-state index is 13.0. The lowest BCUT2D eigenvalue weighted by molar-refractivity contribution is 0.103. The Morgan fingerprint density at radius 3 is 2.19 bits per heavy atom. The van der Waals surface area contributed by atoms with Crippen LogP contribution in [0.15, 0.2) is 77.6 Å². The molecule has 4 rings (SSSR count). The fourth-order valence-electron chi connectivity index (χ4n) is 3.44. The third-order valence-electron chi connectivity index (χ3n) is 4.73. The van der Waals surface area contributed by atoms with Gasteiger partial charge < -0.3 is 0 Å². The Morgan fingerprint density at radius 1 is 0.889 bits per heavy atom. The van der Waals surface area contributed by atoms with Crippen LogP contribution in [-0.2, 0) is 7.05 Å². The van der Waals surface area contributed by atoms with Gasteiger partial charge in [0.15, 0.2) is 5.78 Å². The van der Waals surface area contributed by atoms with Crippen LogP contribution >= 0.6 is 0 Å². The van der Waals surface area contributed by atoms with E-state index < -0.39 is 0 Å². The average molecular weight is 354 g/mol. The van der Waals surface area contributed by atoms with E-state index in [0.717, 1.165) is 22.0 Å². The molecule has 1 heterocycles. The molecule has 132 valence electrons. The quantitative estimate of drug-likeness (QED) is 0.520. The molecule has 0 aliphatic carbocycles. The van der Waals surface area contributed by atoms with E-state index in [2.05, 4.69) is 4.98 Å². The number of nitrogens with zero attached hydrogens (tertiary/aromatic N) is 2. The predicted molar refractivity (Wildman–Crippen MR) is 107 cm³/mol. The van der Waals surface area contributed by atoms with Gasteiger partial charge in [0.25, 0.3) is 0 Å². The van der Waals surface area contributed by atoms with Crippen molar-refractivity contribution in [3.8, 4) is 11.3 Å². The largest absolute Gasteiger partial charge is 0.348 e. The van der Waals surface area contributed by atoms with E-state index in [4.69, 9.17) is 0 Å². The van der Waals surface area contributed by atoms with Gasteiger partial charge in [-0.15, -0.1) is 0 Å². The van der Waals surface area contributed by atoms with Crippen LogP contribution in [0.4, 0.5) is 0 Å². The molecule has 0 amide bonds. The topological polar surface area (TPSA) is 52.0 Å². The van der Waals surface area contributed by atoms with Crippen LogP contribution in [0.5, 0.6) is 0 Å². The number of hydrogen-bond donors (Lipinski definition) is 0. The Kier molecular flexibility index (Phi) is 4.16. The minimum atomic E-state index is -0.313. The summed E-state index contributed by atoms with van der Waals surface area (Å²) in [6, 6.07) is 22.4. The predicted octanol–water partition coefficient (Wildman–Crippen LogP) is 4.14. The lowest BCUT2D eigenvalue weighted by Gasteiger charge is -2.13. The molecule has 1 aromatic heterocycles. The van der Waals surface area contributed by atoms with Crippen molar-refractivity contribution >= 4 is 16.7 Å². The van der Waals surface area contributed by atoms with Gasteiger partial charge in [-0.05, 0) is 24.6 Å². The molecule has 0 aliphatic rings. The maximum atomic E-state index is 13.0. The molecule has 0 bridgehead atoms. The number of benzene rings is 3. The number of hydrogen-bond acceptors (Lipinski definition) is 3. The number of fused-ring (bicyclic) bond motifs is 1. The highest BCUT2D eigenvalue weighted by Crippen LogP contribution is 2.29. The van der Waals surface area contributed by atoms with Crippen molar-refractivity contribution in [1.29, 1.82) is 0 Å². The van der Waals surface area contributed by atoms with Crippen LogP contribution in [0.2, 0.25) is 0 Å². The minimum absolute atomic E-state index is 0.0477. The standard InChI is InChI=1S/C23H18N2O2/c1-15-13-18(22(26)17-11-7-4-8-12-17)14-19-20(16-9-5-3-6-10-16)24-23(27)25(2)21(15)19/h3-14H,1-2H3. The third-order valence-corrected chi connectivity index (χ3v) is 4.73. The van der Waals surface area contributed by atoms with Crippen molar-refractivity contribution in [3.05, 3.63) is 100.0 Å². The third kappa shape index (κ3) is 2.95. The monoisotopic (exact) mass is 354 g/mol. The van der Waals surface area contributed by atoms with Gasteiger partial charge in [-0.25, -0.2) is 4.79 Å². The fraction of sp³-hybridized carbons (Fsp3) is 0.0870. The highest BCUT2D eigenvalue weighted by Gasteiger charge is 2.16. The van der Waals surface area contributed by atoms with Crippen molar-refractivity contribution in [2.24, 2.45) is 7.05 Å². The number of carbonyl (C=O) groups is 1. The Labute approximate surface area is 156 Å². The van der Waals surface area contributed by atoms with Gasteiger partial charge in [-0.1, -0.05) is 60.7 Å². The van der Waals surface area contributed by atoms with E-state index in [9.17, 15) is 9.59 Å². The summed E-state index contributed by atoms with van der Waals surface area (Å²) in [7, 11) is 1.71. The van der Waals surface area contributed by atoms with Crippen molar-refractivity contribution in [1.82, 2.24) is 9.55 Å². The summed E-state index contributed by atoms with van der Waals surface area (Å²) >= 11 is 0. The maximum Gasteiger partial charge on any atom is 0.348 e. The van der Waals surface area contributed by atoms with Crippen molar-refractivity contribution in [2.75, 3.05) is 0 Å². The first-order valence-electron chi connectivity index (χ1n) is 8.73. The number of carbonyl (C=O) groups excluding carboxylic acids is 1. The normalized spacial score (nSPS) is 10.9. The molecule has 0 saturated carbocycles. The van der Waals surface area contributed by atoms with Gasteiger partial charge in [-0.3, -0.25) is 9.36 Å². The molecule has 27 heavy (non-hydrogen) atoms. The van der Waals surface area contributed by atoms with Gasteiger partial charge in [0.2, 0.25) is 0 Å². The first-order valence-corrected chi connectivity index (χ1v) is 8.73. The second-order valence-electron chi connectivity index (χ2n) is 6.55. The Bertz CT molecular complexity index is 1210. The molecule has 0 spiro atoms. The molecular weight excluding hydrogens is 336 g/mol. The summed E-state index contributed by atoms with van der Waals surface area (Å²) in [5.41, 5.74) is 4.01. The summed E-state index contributed by atoms with van der Waals surface area (Å²) in [4.78, 5) is 29.6. The van der Waals surface area contributed by atoms with E-state index in [1.807, 2.05) is 67.6 Å². The summed E-state index contributed by atoms with van der Waals surface area (Å²) < 4.78 is 1.54. The lowest BCUT2D eigenvalue weighted by Crippen LogP contribution is -2.22. The second kappa shape index (κ2) is 6.65.